The molecular weight excluding hydrogens is 306 g/mol. The Kier molecular flexibility index (Phi) is 4.47. The number of rotatable bonds is 2. The zero-order valence-electron chi connectivity index (χ0n) is 13.5. The van der Waals surface area contributed by atoms with Crippen LogP contribution in [0, 0.1) is 5.92 Å². The van der Waals surface area contributed by atoms with Crippen LogP contribution in [0.4, 0.5) is 0 Å². The first-order chi connectivity index (χ1) is 11.3. The van der Waals surface area contributed by atoms with Crippen molar-refractivity contribution in [3.8, 4) is 0 Å². The summed E-state index contributed by atoms with van der Waals surface area (Å²) in [6, 6.07) is 0. The number of thioether (sulfide) groups is 1. The Hall–Kier alpha value is -1.23. The van der Waals surface area contributed by atoms with Gasteiger partial charge in [0.15, 0.2) is 0 Å². The van der Waals surface area contributed by atoms with Crippen molar-refractivity contribution < 1.29 is 9.47 Å². The Labute approximate surface area is 142 Å². The van der Waals surface area contributed by atoms with Gasteiger partial charge in [0.1, 0.15) is 5.76 Å². The smallest absolute Gasteiger partial charge is 0.120 e. The van der Waals surface area contributed by atoms with Crippen LogP contribution in [0.5, 0.6) is 0 Å². The quantitative estimate of drug-likeness (QED) is 0.837. The number of nitrogens with one attached hydrogen (secondary N) is 1. The van der Waals surface area contributed by atoms with E-state index in [9.17, 15) is 0 Å². The van der Waals surface area contributed by atoms with Crippen LogP contribution in [-0.2, 0) is 9.47 Å². The molecule has 2 unspecified atom stereocenters. The number of ether oxygens (including phenoxy) is 2. The maximum Gasteiger partial charge on any atom is 0.120 e. The first-order valence-electron chi connectivity index (χ1n) is 8.42. The van der Waals surface area contributed by atoms with Gasteiger partial charge < -0.3 is 14.8 Å². The summed E-state index contributed by atoms with van der Waals surface area (Å²) in [6.07, 6.45) is 16.3. The molecule has 0 aromatic carbocycles. The maximum atomic E-state index is 6.10. The highest BCUT2D eigenvalue weighted by atomic mass is 32.2. The predicted octanol–water partition coefficient (Wildman–Crippen LogP) is 3.68. The van der Waals surface area contributed by atoms with E-state index < -0.39 is 0 Å². The van der Waals surface area contributed by atoms with Gasteiger partial charge in [0.05, 0.1) is 17.6 Å². The Morgan fingerprint density at radius 1 is 1.26 bits per heavy atom. The molecule has 4 rings (SSSR count). The standard InChI is InChI=1S/C19H23NO2S/c1-21-15-10-16(13-6-8-20-9-7-13)19-17(11-15)22-12-14-4-2-3-5-18(14)23-19/h2-5,10,12-13,15,18,20H,6-9,11H2,1H3. The third-order valence-corrected chi connectivity index (χ3v) is 6.33. The lowest BCUT2D eigenvalue weighted by atomic mass is 9.85. The molecule has 0 amide bonds. The van der Waals surface area contributed by atoms with E-state index in [2.05, 4.69) is 35.7 Å². The lowest BCUT2D eigenvalue weighted by Crippen LogP contribution is -2.30. The molecule has 2 aliphatic heterocycles. The summed E-state index contributed by atoms with van der Waals surface area (Å²) in [7, 11) is 1.79. The van der Waals surface area contributed by atoms with Gasteiger partial charge in [-0.05, 0) is 37.4 Å². The predicted molar refractivity (Wildman–Crippen MR) is 94.9 cm³/mol. The van der Waals surface area contributed by atoms with Crippen molar-refractivity contribution in [3.63, 3.8) is 0 Å². The molecule has 0 aromatic heterocycles. The van der Waals surface area contributed by atoms with Gasteiger partial charge >= 0.3 is 0 Å². The minimum absolute atomic E-state index is 0.129. The number of hydrogen-bond acceptors (Lipinski definition) is 4. The van der Waals surface area contributed by atoms with E-state index in [0.29, 0.717) is 11.2 Å². The lowest BCUT2D eigenvalue weighted by molar-refractivity contribution is 0.123. The van der Waals surface area contributed by atoms with Gasteiger partial charge in [-0.1, -0.05) is 30.4 Å². The highest BCUT2D eigenvalue weighted by Gasteiger charge is 2.32. The lowest BCUT2D eigenvalue weighted by Gasteiger charge is -2.32. The highest BCUT2D eigenvalue weighted by molar-refractivity contribution is 8.04. The number of methoxy groups -OCH3 is 1. The summed E-state index contributed by atoms with van der Waals surface area (Å²) in [4.78, 5) is 1.35. The molecule has 0 spiro atoms. The summed E-state index contributed by atoms with van der Waals surface area (Å²) in [6.45, 7) is 2.20. The molecule has 0 aromatic rings. The van der Waals surface area contributed by atoms with Crippen LogP contribution in [0.3, 0.4) is 0 Å². The van der Waals surface area contributed by atoms with Gasteiger partial charge in [-0.15, -0.1) is 11.8 Å². The highest BCUT2D eigenvalue weighted by Crippen LogP contribution is 2.46. The van der Waals surface area contributed by atoms with Crippen molar-refractivity contribution in [2.24, 2.45) is 5.92 Å². The van der Waals surface area contributed by atoms with E-state index in [0.717, 1.165) is 25.3 Å². The van der Waals surface area contributed by atoms with E-state index in [1.807, 2.05) is 18.0 Å². The van der Waals surface area contributed by atoms with E-state index in [1.165, 1.54) is 28.9 Å². The van der Waals surface area contributed by atoms with Gasteiger partial charge in [0.2, 0.25) is 0 Å². The first kappa shape index (κ1) is 15.3. The van der Waals surface area contributed by atoms with Crippen molar-refractivity contribution in [1.29, 1.82) is 0 Å². The maximum absolute atomic E-state index is 6.10. The zero-order chi connectivity index (χ0) is 15.6. The number of piperidine rings is 1. The fourth-order valence-electron chi connectivity index (χ4n) is 3.63. The van der Waals surface area contributed by atoms with Crippen LogP contribution in [-0.4, -0.2) is 31.6 Å². The Balaban J connectivity index is 1.67. The molecule has 2 heterocycles. The molecule has 3 nitrogen and oxygen atoms in total. The molecule has 1 saturated heterocycles. The van der Waals surface area contributed by atoms with Gasteiger partial charge in [0.25, 0.3) is 0 Å². The monoisotopic (exact) mass is 329 g/mol. The van der Waals surface area contributed by atoms with Crippen molar-refractivity contribution in [2.45, 2.75) is 30.6 Å². The molecule has 0 radical (unpaired) electrons. The van der Waals surface area contributed by atoms with Crippen molar-refractivity contribution >= 4 is 11.8 Å². The van der Waals surface area contributed by atoms with Crippen LogP contribution in [0.2, 0.25) is 0 Å². The van der Waals surface area contributed by atoms with Crippen LogP contribution >= 0.6 is 11.8 Å². The molecule has 122 valence electrons. The minimum atomic E-state index is 0.129. The topological polar surface area (TPSA) is 30.5 Å². The number of hydrogen-bond donors (Lipinski definition) is 1. The van der Waals surface area contributed by atoms with Crippen LogP contribution in [0.15, 0.2) is 58.5 Å². The van der Waals surface area contributed by atoms with Gasteiger partial charge in [-0.2, -0.15) is 0 Å². The molecule has 2 aliphatic carbocycles. The first-order valence-corrected chi connectivity index (χ1v) is 9.30. The van der Waals surface area contributed by atoms with Crippen molar-refractivity contribution in [3.05, 3.63) is 58.5 Å². The molecule has 23 heavy (non-hydrogen) atoms. The molecule has 1 fully saturated rings. The van der Waals surface area contributed by atoms with E-state index in [4.69, 9.17) is 9.47 Å². The number of allylic oxidation sites excluding steroid dienone is 4. The normalized spacial score (nSPS) is 30.8. The molecular formula is C19H23NO2S. The zero-order valence-corrected chi connectivity index (χ0v) is 14.3. The number of fused-ring (bicyclic) bond motifs is 1. The summed E-state index contributed by atoms with van der Waals surface area (Å²) < 4.78 is 11.8. The van der Waals surface area contributed by atoms with Gasteiger partial charge in [0, 0.05) is 24.0 Å². The molecule has 1 N–H and O–H groups in total. The van der Waals surface area contributed by atoms with Crippen LogP contribution in [0.25, 0.3) is 0 Å². The SMILES string of the molecule is COC1C=C(C2CCNCC2)C2=C(C1)OC=C1C=CC=CC1S2. The van der Waals surface area contributed by atoms with E-state index in [1.54, 1.807) is 7.11 Å². The van der Waals surface area contributed by atoms with Crippen LogP contribution < -0.4 is 5.32 Å². The molecule has 2 atom stereocenters. The summed E-state index contributed by atoms with van der Waals surface area (Å²) in [5, 5.41) is 3.82. The van der Waals surface area contributed by atoms with Crippen molar-refractivity contribution in [1.82, 2.24) is 5.32 Å². The summed E-state index contributed by atoms with van der Waals surface area (Å²) >= 11 is 1.94. The second-order valence-electron chi connectivity index (χ2n) is 6.40. The molecule has 0 saturated carbocycles. The average Bonchev–Trinajstić information content (AvgIpc) is 2.81. The minimum Gasteiger partial charge on any atom is -0.468 e. The second kappa shape index (κ2) is 6.71. The average molecular weight is 329 g/mol. The van der Waals surface area contributed by atoms with E-state index in [-0.39, 0.29) is 6.10 Å². The van der Waals surface area contributed by atoms with Gasteiger partial charge in [-0.3, -0.25) is 0 Å². The molecule has 0 bridgehead atoms. The molecule has 4 aliphatic rings. The van der Waals surface area contributed by atoms with Crippen LogP contribution in [0.1, 0.15) is 19.3 Å². The fraction of sp³-hybridized carbons (Fsp3) is 0.474. The summed E-state index contributed by atoms with van der Waals surface area (Å²) in [5.41, 5.74) is 2.69. The molecule has 4 heteroatoms. The Bertz CT molecular complexity index is 623. The van der Waals surface area contributed by atoms with Crippen molar-refractivity contribution in [2.75, 3.05) is 20.2 Å². The Morgan fingerprint density at radius 3 is 2.96 bits per heavy atom. The second-order valence-corrected chi connectivity index (χ2v) is 7.55. The third kappa shape index (κ3) is 3.08. The summed E-state index contributed by atoms with van der Waals surface area (Å²) in [5.74, 6) is 1.70. The van der Waals surface area contributed by atoms with E-state index >= 15 is 0 Å². The third-order valence-electron chi connectivity index (χ3n) is 4.95. The van der Waals surface area contributed by atoms with Gasteiger partial charge in [-0.25, -0.2) is 0 Å². The fourth-order valence-corrected chi connectivity index (χ4v) is 4.96. The largest absolute Gasteiger partial charge is 0.468 e. The Morgan fingerprint density at radius 2 is 2.13 bits per heavy atom.